The SMILES string of the molecule is N#Cc1ccc(-c2ccc(C34CC5CC(C3)CC(c3ccc(-c6nc(-c7ccccc7)nc(-c7cccc8oc9ccccc9c78)n6)cc3)(C5)C4)cc2)cc1. The lowest BCUT2D eigenvalue weighted by Crippen LogP contribution is -2.55. The van der Waals surface area contributed by atoms with Crippen molar-refractivity contribution in [2.45, 2.75) is 49.4 Å². The van der Waals surface area contributed by atoms with Gasteiger partial charge in [0.2, 0.25) is 0 Å². The van der Waals surface area contributed by atoms with Crippen molar-refractivity contribution in [2.75, 3.05) is 0 Å². The molecule has 4 fully saturated rings. The second-order valence-electron chi connectivity index (χ2n) is 16.3. The molecule has 12 rings (SSSR count). The number of hydrogen-bond acceptors (Lipinski definition) is 5. The zero-order valence-corrected chi connectivity index (χ0v) is 30.5. The van der Waals surface area contributed by atoms with E-state index in [0.717, 1.165) is 56.0 Å². The molecule has 4 bridgehead atoms. The first-order chi connectivity index (χ1) is 27.0. The first kappa shape index (κ1) is 32.1. The predicted octanol–water partition coefficient (Wildman–Crippen LogP) is 12.1. The molecule has 0 spiro atoms. The highest BCUT2D eigenvalue weighted by Crippen LogP contribution is 2.66. The zero-order valence-electron chi connectivity index (χ0n) is 30.5. The average Bonchev–Trinajstić information content (AvgIpc) is 3.63. The Morgan fingerprint density at radius 1 is 0.509 bits per heavy atom. The van der Waals surface area contributed by atoms with Gasteiger partial charge in [0.05, 0.1) is 11.6 Å². The molecule has 4 aliphatic rings. The van der Waals surface area contributed by atoms with Crippen molar-refractivity contribution in [3.8, 4) is 51.4 Å². The number of fused-ring (bicyclic) bond motifs is 3. The second kappa shape index (κ2) is 12.3. The quantitative estimate of drug-likeness (QED) is 0.172. The first-order valence-electron chi connectivity index (χ1n) is 19.5. The molecule has 264 valence electrons. The van der Waals surface area contributed by atoms with E-state index >= 15 is 0 Å². The van der Waals surface area contributed by atoms with Crippen molar-refractivity contribution in [1.29, 1.82) is 5.26 Å². The molecule has 5 nitrogen and oxygen atoms in total. The van der Waals surface area contributed by atoms with Crippen molar-refractivity contribution in [2.24, 2.45) is 11.8 Å². The monoisotopic (exact) mass is 710 g/mol. The number of rotatable bonds is 6. The molecule has 0 N–H and O–H groups in total. The molecule has 0 radical (unpaired) electrons. The second-order valence-corrected chi connectivity index (χ2v) is 16.3. The number of hydrogen-bond donors (Lipinski definition) is 0. The van der Waals surface area contributed by atoms with Crippen LogP contribution in [-0.2, 0) is 10.8 Å². The van der Waals surface area contributed by atoms with Gasteiger partial charge in [0.1, 0.15) is 11.2 Å². The number of para-hydroxylation sites is 1. The normalized spacial score (nSPS) is 22.6. The van der Waals surface area contributed by atoms with Crippen molar-refractivity contribution >= 4 is 21.9 Å². The highest BCUT2D eigenvalue weighted by atomic mass is 16.3. The number of nitriles is 1. The molecule has 2 aromatic heterocycles. The van der Waals surface area contributed by atoms with Crippen LogP contribution in [0, 0.1) is 23.2 Å². The molecule has 0 amide bonds. The summed E-state index contributed by atoms with van der Waals surface area (Å²) < 4.78 is 6.24. The minimum Gasteiger partial charge on any atom is -0.456 e. The van der Waals surface area contributed by atoms with Crippen LogP contribution in [0.1, 0.15) is 55.2 Å². The topological polar surface area (TPSA) is 75.6 Å². The Kier molecular flexibility index (Phi) is 7.19. The summed E-state index contributed by atoms with van der Waals surface area (Å²) in [5.41, 5.74) is 10.9. The molecule has 4 saturated carbocycles. The van der Waals surface area contributed by atoms with Crippen LogP contribution in [0.25, 0.3) is 67.2 Å². The van der Waals surface area contributed by atoms with E-state index in [4.69, 9.17) is 19.4 Å². The maximum Gasteiger partial charge on any atom is 0.164 e. The minimum atomic E-state index is 0.172. The van der Waals surface area contributed by atoms with E-state index in [1.165, 1.54) is 55.2 Å². The Morgan fingerprint density at radius 3 is 1.67 bits per heavy atom. The van der Waals surface area contributed by atoms with Crippen LogP contribution in [0.4, 0.5) is 0 Å². The molecule has 0 aliphatic heterocycles. The van der Waals surface area contributed by atoms with E-state index in [0.29, 0.717) is 23.0 Å². The number of nitrogens with zero attached hydrogens (tertiary/aromatic N) is 4. The van der Waals surface area contributed by atoms with Gasteiger partial charge in [-0.2, -0.15) is 5.26 Å². The Hall–Kier alpha value is -6.38. The van der Waals surface area contributed by atoms with E-state index in [-0.39, 0.29) is 10.8 Å². The Labute approximate surface area is 320 Å². The lowest BCUT2D eigenvalue weighted by molar-refractivity contribution is -0.0281. The maximum atomic E-state index is 9.24. The molecule has 55 heavy (non-hydrogen) atoms. The largest absolute Gasteiger partial charge is 0.456 e. The van der Waals surface area contributed by atoms with Gasteiger partial charge in [0.15, 0.2) is 17.5 Å². The fourth-order valence-corrected chi connectivity index (χ4v) is 11.0. The van der Waals surface area contributed by atoms with Crippen molar-refractivity contribution < 1.29 is 4.42 Å². The minimum absolute atomic E-state index is 0.172. The summed E-state index contributed by atoms with van der Waals surface area (Å²) in [5, 5.41) is 11.3. The van der Waals surface area contributed by atoms with E-state index < -0.39 is 0 Å². The molecule has 0 saturated heterocycles. The number of aromatic nitrogens is 3. The van der Waals surface area contributed by atoms with Gasteiger partial charge in [-0.25, -0.2) is 15.0 Å². The van der Waals surface area contributed by atoms with Gasteiger partial charge >= 0.3 is 0 Å². The fourth-order valence-electron chi connectivity index (χ4n) is 11.0. The zero-order chi connectivity index (χ0) is 36.6. The van der Waals surface area contributed by atoms with Crippen LogP contribution < -0.4 is 0 Å². The molecule has 2 atom stereocenters. The summed E-state index contributed by atoms with van der Waals surface area (Å²) in [6.45, 7) is 0. The molecule has 8 aromatic rings. The van der Waals surface area contributed by atoms with Crippen LogP contribution in [0.15, 0.2) is 150 Å². The summed E-state index contributed by atoms with van der Waals surface area (Å²) in [5.74, 6) is 3.46. The molecule has 4 aliphatic carbocycles. The summed E-state index contributed by atoms with van der Waals surface area (Å²) in [6.07, 6.45) is 7.66. The van der Waals surface area contributed by atoms with Gasteiger partial charge in [-0.05, 0) is 108 Å². The van der Waals surface area contributed by atoms with Gasteiger partial charge in [-0.15, -0.1) is 0 Å². The summed E-state index contributed by atoms with van der Waals surface area (Å²) in [6, 6.07) is 53.2. The van der Waals surface area contributed by atoms with E-state index in [1.807, 2.05) is 60.7 Å². The smallest absolute Gasteiger partial charge is 0.164 e. The van der Waals surface area contributed by atoms with Gasteiger partial charge in [-0.1, -0.05) is 121 Å². The van der Waals surface area contributed by atoms with Crippen molar-refractivity contribution in [3.63, 3.8) is 0 Å². The molecular weight excluding hydrogens is 673 g/mol. The maximum absolute atomic E-state index is 9.24. The molecule has 5 heteroatoms. The van der Waals surface area contributed by atoms with E-state index in [1.54, 1.807) is 0 Å². The first-order valence-corrected chi connectivity index (χ1v) is 19.5. The third-order valence-electron chi connectivity index (χ3n) is 13.0. The van der Waals surface area contributed by atoms with Crippen LogP contribution in [0.2, 0.25) is 0 Å². The van der Waals surface area contributed by atoms with Crippen molar-refractivity contribution in [3.05, 3.63) is 162 Å². The average molecular weight is 711 g/mol. The van der Waals surface area contributed by atoms with Crippen LogP contribution in [-0.4, -0.2) is 15.0 Å². The highest BCUT2D eigenvalue weighted by molar-refractivity contribution is 6.11. The Bertz CT molecular complexity index is 2760. The fraction of sp³-hybridized carbons (Fsp3) is 0.200. The standard InChI is InChI=1S/C50H38N4O/c51-30-32-13-15-35(16-14-32)36-17-21-39(22-18-36)49-26-33-25-34(27-49)29-50(28-33,31-49)40-23-19-38(20-24-40)47-52-46(37-7-2-1-3-8-37)53-48(54-47)42-10-6-12-44-45(42)41-9-4-5-11-43(41)55-44/h1-24,33-34H,25-29,31H2. The Morgan fingerprint density at radius 2 is 1.04 bits per heavy atom. The summed E-state index contributed by atoms with van der Waals surface area (Å²) in [7, 11) is 0. The van der Waals surface area contributed by atoms with Gasteiger partial charge in [-0.3, -0.25) is 0 Å². The number of furan rings is 1. The van der Waals surface area contributed by atoms with Gasteiger partial charge in [0.25, 0.3) is 0 Å². The van der Waals surface area contributed by atoms with Gasteiger partial charge in [0, 0.05) is 27.5 Å². The molecule has 2 heterocycles. The third-order valence-corrected chi connectivity index (χ3v) is 13.0. The van der Waals surface area contributed by atoms with E-state index in [2.05, 4.69) is 91.0 Å². The molecule has 6 aromatic carbocycles. The van der Waals surface area contributed by atoms with E-state index in [9.17, 15) is 5.26 Å². The third kappa shape index (κ3) is 5.31. The van der Waals surface area contributed by atoms with Crippen LogP contribution >= 0.6 is 0 Å². The molecular formula is C50H38N4O. The van der Waals surface area contributed by atoms with Crippen LogP contribution in [0.5, 0.6) is 0 Å². The highest BCUT2D eigenvalue weighted by Gasteiger charge is 2.58. The lowest BCUT2D eigenvalue weighted by Gasteiger charge is -2.63. The Balaban J connectivity index is 0.953. The van der Waals surface area contributed by atoms with Crippen LogP contribution in [0.3, 0.4) is 0 Å². The molecule has 2 unspecified atom stereocenters. The predicted molar refractivity (Wildman–Crippen MR) is 218 cm³/mol. The summed E-state index contributed by atoms with van der Waals surface area (Å²) >= 11 is 0. The van der Waals surface area contributed by atoms with Gasteiger partial charge < -0.3 is 4.42 Å². The number of benzene rings is 6. The lowest BCUT2D eigenvalue weighted by atomic mass is 9.41. The van der Waals surface area contributed by atoms with Crippen molar-refractivity contribution in [1.82, 2.24) is 15.0 Å². The summed E-state index contributed by atoms with van der Waals surface area (Å²) in [4.78, 5) is 15.3.